The van der Waals surface area contributed by atoms with E-state index in [0.717, 1.165) is 5.56 Å². The van der Waals surface area contributed by atoms with Gasteiger partial charge in [0.1, 0.15) is 13.2 Å². The van der Waals surface area contributed by atoms with Gasteiger partial charge in [-0.15, -0.1) is 0 Å². The van der Waals surface area contributed by atoms with E-state index in [1.165, 1.54) is 0 Å². The van der Waals surface area contributed by atoms with Crippen molar-refractivity contribution < 1.29 is 19.4 Å². The molecule has 92 valence electrons. The lowest BCUT2D eigenvalue weighted by molar-refractivity contribution is -0.137. The van der Waals surface area contributed by atoms with Crippen molar-refractivity contribution in [3.8, 4) is 11.5 Å². The fraction of sp³-hybridized carbons (Fsp3) is 0.417. The fourth-order valence-electron chi connectivity index (χ4n) is 1.73. The highest BCUT2D eigenvalue weighted by Crippen LogP contribution is 2.35. The molecule has 0 radical (unpaired) electrons. The van der Waals surface area contributed by atoms with Gasteiger partial charge >= 0.3 is 5.97 Å². The molecule has 5 heteroatoms. The Morgan fingerprint density at radius 3 is 2.59 bits per heavy atom. The van der Waals surface area contributed by atoms with Gasteiger partial charge in [-0.2, -0.15) is 0 Å². The lowest BCUT2D eigenvalue weighted by atomic mass is 10.1. The maximum atomic E-state index is 10.4. The van der Waals surface area contributed by atoms with E-state index in [1.807, 2.05) is 6.07 Å². The van der Waals surface area contributed by atoms with E-state index in [4.69, 9.17) is 26.2 Å². The molecule has 1 aliphatic heterocycles. The van der Waals surface area contributed by atoms with Crippen molar-refractivity contribution in [2.24, 2.45) is 0 Å². The predicted molar refractivity (Wildman–Crippen MR) is 63.0 cm³/mol. The standard InChI is InChI=1S/C12H13ClO4/c13-9-7-11-10(16-4-5-17-11)6-8(9)2-1-3-12(14)15/h6-7H,1-5H2,(H,14,15). The summed E-state index contributed by atoms with van der Waals surface area (Å²) in [5, 5.41) is 9.17. The molecular weight excluding hydrogens is 244 g/mol. The highest BCUT2D eigenvalue weighted by Gasteiger charge is 2.14. The monoisotopic (exact) mass is 256 g/mol. The van der Waals surface area contributed by atoms with Crippen LogP contribution in [0.3, 0.4) is 0 Å². The summed E-state index contributed by atoms with van der Waals surface area (Å²) in [5.41, 5.74) is 0.900. The zero-order valence-corrected chi connectivity index (χ0v) is 10.00. The van der Waals surface area contributed by atoms with Crippen molar-refractivity contribution in [2.75, 3.05) is 13.2 Å². The normalized spacial score (nSPS) is 13.5. The number of aliphatic carboxylic acids is 1. The Labute approximate surface area is 104 Å². The third-order valence-corrected chi connectivity index (χ3v) is 2.90. The molecule has 1 aliphatic rings. The average Bonchev–Trinajstić information content (AvgIpc) is 2.29. The number of carboxylic acids is 1. The predicted octanol–water partition coefficient (Wildman–Crippen LogP) is 2.52. The van der Waals surface area contributed by atoms with Gasteiger partial charge in [0, 0.05) is 17.5 Å². The first kappa shape index (κ1) is 12.0. The maximum Gasteiger partial charge on any atom is 0.303 e. The average molecular weight is 257 g/mol. The second-order valence-electron chi connectivity index (χ2n) is 3.83. The van der Waals surface area contributed by atoms with Gasteiger partial charge in [-0.3, -0.25) is 4.79 Å². The summed E-state index contributed by atoms with van der Waals surface area (Å²) in [6.07, 6.45) is 1.33. The number of hydrogen-bond donors (Lipinski definition) is 1. The molecule has 1 heterocycles. The Bertz CT molecular complexity index is 431. The van der Waals surface area contributed by atoms with Crippen molar-refractivity contribution in [3.05, 3.63) is 22.7 Å². The van der Waals surface area contributed by atoms with Gasteiger partial charge in [-0.1, -0.05) is 11.6 Å². The van der Waals surface area contributed by atoms with Gasteiger partial charge in [-0.25, -0.2) is 0 Å². The molecule has 4 nitrogen and oxygen atoms in total. The molecule has 1 aromatic rings. The molecule has 0 fully saturated rings. The fourth-order valence-corrected chi connectivity index (χ4v) is 1.98. The number of benzene rings is 1. The van der Waals surface area contributed by atoms with Crippen LogP contribution in [0.4, 0.5) is 0 Å². The van der Waals surface area contributed by atoms with Crippen LogP contribution in [0.1, 0.15) is 18.4 Å². The topological polar surface area (TPSA) is 55.8 Å². The minimum atomic E-state index is -0.793. The van der Waals surface area contributed by atoms with E-state index >= 15 is 0 Å². The molecule has 0 saturated carbocycles. The number of carbonyl (C=O) groups is 1. The molecule has 0 saturated heterocycles. The van der Waals surface area contributed by atoms with Crippen LogP contribution in [-0.2, 0) is 11.2 Å². The Balaban J connectivity index is 2.09. The number of carboxylic acid groups (broad SMARTS) is 1. The van der Waals surface area contributed by atoms with Crippen LogP contribution in [0.2, 0.25) is 5.02 Å². The number of hydrogen-bond acceptors (Lipinski definition) is 3. The van der Waals surface area contributed by atoms with Crippen LogP contribution in [0.15, 0.2) is 12.1 Å². The molecule has 0 aromatic heterocycles. The largest absolute Gasteiger partial charge is 0.486 e. The van der Waals surface area contributed by atoms with E-state index in [-0.39, 0.29) is 6.42 Å². The third-order valence-electron chi connectivity index (χ3n) is 2.55. The first-order valence-corrected chi connectivity index (χ1v) is 5.84. The SMILES string of the molecule is O=C(O)CCCc1cc2c(cc1Cl)OCCO2. The molecule has 0 aliphatic carbocycles. The first-order valence-electron chi connectivity index (χ1n) is 5.46. The summed E-state index contributed by atoms with van der Waals surface area (Å²) >= 11 is 6.09. The lowest BCUT2D eigenvalue weighted by Gasteiger charge is -2.19. The van der Waals surface area contributed by atoms with Crippen LogP contribution in [-0.4, -0.2) is 24.3 Å². The summed E-state index contributed by atoms with van der Waals surface area (Å²) in [6.45, 7) is 1.06. The molecule has 17 heavy (non-hydrogen) atoms. The maximum absolute atomic E-state index is 10.4. The van der Waals surface area contributed by atoms with E-state index in [2.05, 4.69) is 0 Å². The molecular formula is C12H13ClO4. The quantitative estimate of drug-likeness (QED) is 0.899. The van der Waals surface area contributed by atoms with Crippen LogP contribution >= 0.6 is 11.6 Å². The van der Waals surface area contributed by atoms with Crippen LogP contribution < -0.4 is 9.47 Å². The molecule has 0 spiro atoms. The third kappa shape index (κ3) is 3.03. The van der Waals surface area contributed by atoms with Crippen LogP contribution in [0, 0.1) is 0 Å². The molecule has 0 bridgehead atoms. The molecule has 0 amide bonds. The molecule has 2 rings (SSSR count). The van der Waals surface area contributed by atoms with Crippen molar-refractivity contribution in [1.82, 2.24) is 0 Å². The van der Waals surface area contributed by atoms with Gasteiger partial charge in [0.05, 0.1) is 0 Å². The van der Waals surface area contributed by atoms with Crippen molar-refractivity contribution >= 4 is 17.6 Å². The van der Waals surface area contributed by atoms with Gasteiger partial charge in [-0.05, 0) is 24.5 Å². The number of aryl methyl sites for hydroxylation is 1. The summed E-state index contributed by atoms with van der Waals surface area (Å²) < 4.78 is 10.8. The number of halogens is 1. The van der Waals surface area contributed by atoms with E-state index in [0.29, 0.717) is 42.6 Å². The number of ether oxygens (including phenoxy) is 2. The minimum Gasteiger partial charge on any atom is -0.486 e. The molecule has 0 unspecified atom stereocenters. The Hall–Kier alpha value is -1.42. The Morgan fingerprint density at radius 1 is 1.29 bits per heavy atom. The second-order valence-corrected chi connectivity index (χ2v) is 4.24. The van der Waals surface area contributed by atoms with Crippen molar-refractivity contribution in [3.63, 3.8) is 0 Å². The second kappa shape index (κ2) is 5.27. The molecule has 1 aromatic carbocycles. The van der Waals surface area contributed by atoms with Crippen LogP contribution in [0.25, 0.3) is 0 Å². The zero-order chi connectivity index (χ0) is 12.3. The number of rotatable bonds is 4. The van der Waals surface area contributed by atoms with Crippen LogP contribution in [0.5, 0.6) is 11.5 Å². The van der Waals surface area contributed by atoms with E-state index in [1.54, 1.807) is 6.07 Å². The lowest BCUT2D eigenvalue weighted by Crippen LogP contribution is -2.15. The smallest absolute Gasteiger partial charge is 0.303 e. The minimum absolute atomic E-state index is 0.144. The van der Waals surface area contributed by atoms with Crippen molar-refractivity contribution in [1.29, 1.82) is 0 Å². The summed E-state index contributed by atoms with van der Waals surface area (Å²) in [6, 6.07) is 3.56. The highest BCUT2D eigenvalue weighted by molar-refractivity contribution is 6.31. The molecule has 1 N–H and O–H groups in total. The van der Waals surface area contributed by atoms with Crippen molar-refractivity contribution in [2.45, 2.75) is 19.3 Å². The summed E-state index contributed by atoms with van der Waals surface area (Å²) in [7, 11) is 0. The van der Waals surface area contributed by atoms with Gasteiger partial charge in [0.25, 0.3) is 0 Å². The van der Waals surface area contributed by atoms with Gasteiger partial charge in [0.15, 0.2) is 11.5 Å². The Kier molecular flexibility index (Phi) is 3.74. The number of fused-ring (bicyclic) bond motifs is 1. The van der Waals surface area contributed by atoms with Gasteiger partial charge in [0.2, 0.25) is 0 Å². The zero-order valence-electron chi connectivity index (χ0n) is 9.24. The molecule has 0 atom stereocenters. The summed E-state index contributed by atoms with van der Waals surface area (Å²) in [4.78, 5) is 10.4. The van der Waals surface area contributed by atoms with Gasteiger partial charge < -0.3 is 14.6 Å². The van der Waals surface area contributed by atoms with E-state index < -0.39 is 5.97 Å². The first-order chi connectivity index (χ1) is 8.16. The highest BCUT2D eigenvalue weighted by atomic mass is 35.5. The summed E-state index contributed by atoms with van der Waals surface area (Å²) in [5.74, 6) is 0.549. The Morgan fingerprint density at radius 2 is 1.94 bits per heavy atom. The van der Waals surface area contributed by atoms with E-state index in [9.17, 15) is 4.79 Å².